The minimum Gasteiger partial charge on any atom is -0.488 e. The number of allylic oxidation sites excluding steroid dienone is 2. The van der Waals surface area contributed by atoms with Crippen molar-refractivity contribution in [3.63, 3.8) is 0 Å². The van der Waals surface area contributed by atoms with Gasteiger partial charge in [0, 0.05) is 43.0 Å². The van der Waals surface area contributed by atoms with Gasteiger partial charge in [-0.3, -0.25) is 14.6 Å². The van der Waals surface area contributed by atoms with E-state index in [9.17, 15) is 14.7 Å². The van der Waals surface area contributed by atoms with Gasteiger partial charge in [-0.15, -0.1) is 0 Å². The molecule has 2 aliphatic rings. The Morgan fingerprint density at radius 2 is 2.02 bits per heavy atom. The highest BCUT2D eigenvalue weighted by Gasteiger charge is 2.41. The number of aliphatic hydroxyl groups excluding tert-OH is 1. The number of amides is 1. The van der Waals surface area contributed by atoms with Crippen LogP contribution in [-0.4, -0.2) is 65.2 Å². The molecular weight excluding hydrogens is 582 g/mol. The van der Waals surface area contributed by atoms with Crippen LogP contribution < -0.4 is 9.47 Å². The number of pyridine rings is 1. The number of hydrogen-bond donors (Lipinski definition) is 1. The lowest BCUT2D eigenvalue weighted by Gasteiger charge is -2.39. The van der Waals surface area contributed by atoms with Gasteiger partial charge in [0.15, 0.2) is 6.29 Å². The second kappa shape index (κ2) is 13.9. The first-order chi connectivity index (χ1) is 21.3. The molecule has 2 unspecified atom stereocenters. The van der Waals surface area contributed by atoms with Gasteiger partial charge in [0.25, 0.3) is 0 Å². The van der Waals surface area contributed by atoms with E-state index in [1.54, 1.807) is 23.2 Å². The first-order valence-electron chi connectivity index (χ1n) is 14.2. The van der Waals surface area contributed by atoms with Crippen molar-refractivity contribution in [3.05, 3.63) is 106 Å². The van der Waals surface area contributed by atoms with Crippen LogP contribution in [0.3, 0.4) is 0 Å². The van der Waals surface area contributed by atoms with Gasteiger partial charge in [0.1, 0.15) is 43.0 Å². The van der Waals surface area contributed by atoms with Crippen LogP contribution in [0.2, 0.25) is 5.02 Å². The van der Waals surface area contributed by atoms with Gasteiger partial charge in [-0.25, -0.2) is 0 Å². The molecule has 5 rings (SSSR count). The fraction of sp³-hybridized carbons (Fsp3) is 0.294. The van der Waals surface area contributed by atoms with E-state index in [1.165, 1.54) is 12.3 Å². The van der Waals surface area contributed by atoms with Crippen LogP contribution in [0.25, 0.3) is 5.57 Å². The third-order valence-electron chi connectivity index (χ3n) is 7.90. The van der Waals surface area contributed by atoms with Gasteiger partial charge in [0.05, 0.1) is 22.3 Å². The molecule has 226 valence electrons. The fourth-order valence-electron chi connectivity index (χ4n) is 5.34. The molecule has 9 nitrogen and oxygen atoms in total. The van der Waals surface area contributed by atoms with E-state index < -0.39 is 11.7 Å². The highest BCUT2D eigenvalue weighted by molar-refractivity contribution is 6.32. The largest absolute Gasteiger partial charge is 0.488 e. The lowest BCUT2D eigenvalue weighted by molar-refractivity contribution is -0.143. The van der Waals surface area contributed by atoms with Gasteiger partial charge >= 0.3 is 0 Å². The molecule has 3 aromatic rings. The van der Waals surface area contributed by atoms with Crippen molar-refractivity contribution in [2.45, 2.75) is 31.7 Å². The predicted octanol–water partition coefficient (Wildman–Crippen LogP) is 5.02. The number of ether oxygens (including phenoxy) is 3. The van der Waals surface area contributed by atoms with E-state index in [0.29, 0.717) is 30.4 Å². The maximum absolute atomic E-state index is 13.0. The zero-order chi connectivity index (χ0) is 31.1. The topological polar surface area (TPSA) is 122 Å². The second-order valence-electron chi connectivity index (χ2n) is 10.8. The number of benzene rings is 2. The summed E-state index contributed by atoms with van der Waals surface area (Å²) >= 11 is 6.55. The highest BCUT2D eigenvalue weighted by Crippen LogP contribution is 2.40. The molecule has 0 bridgehead atoms. The Hall–Kier alpha value is -4.49. The molecule has 0 spiro atoms. The van der Waals surface area contributed by atoms with E-state index in [0.717, 1.165) is 11.1 Å². The molecule has 1 aromatic heterocycles. The molecule has 10 heteroatoms. The maximum atomic E-state index is 13.0. The van der Waals surface area contributed by atoms with Crippen LogP contribution in [0, 0.1) is 17.2 Å². The van der Waals surface area contributed by atoms with Gasteiger partial charge < -0.3 is 24.2 Å². The van der Waals surface area contributed by atoms with Crippen LogP contribution in [0.5, 0.6) is 11.5 Å². The quantitative estimate of drug-likeness (QED) is 0.299. The van der Waals surface area contributed by atoms with Gasteiger partial charge in [-0.2, -0.15) is 5.26 Å². The number of nitriles is 1. The summed E-state index contributed by atoms with van der Waals surface area (Å²) in [5.41, 5.74) is 2.26. The van der Waals surface area contributed by atoms with E-state index in [2.05, 4.69) is 4.98 Å². The van der Waals surface area contributed by atoms with Crippen molar-refractivity contribution in [3.8, 4) is 17.6 Å². The average Bonchev–Trinajstić information content (AvgIpc) is 3.50. The smallest absolute Gasteiger partial charge is 0.248 e. The number of β-amino-alcohol motifs (C(OH)–C–C–N with tert-alkyl or cyclic N) is 1. The summed E-state index contributed by atoms with van der Waals surface area (Å²) in [5.74, 6) is 0.0769. The van der Waals surface area contributed by atoms with E-state index in [4.69, 9.17) is 31.1 Å². The molecule has 44 heavy (non-hydrogen) atoms. The summed E-state index contributed by atoms with van der Waals surface area (Å²) in [6.45, 7) is 2.64. The third-order valence-corrected chi connectivity index (χ3v) is 8.20. The Morgan fingerprint density at radius 1 is 1.20 bits per heavy atom. The van der Waals surface area contributed by atoms with Crippen LogP contribution in [-0.2, 0) is 16.1 Å². The molecule has 1 fully saturated rings. The summed E-state index contributed by atoms with van der Waals surface area (Å²) in [4.78, 5) is 30.5. The second-order valence-corrected chi connectivity index (χ2v) is 11.2. The minimum atomic E-state index is -1.05. The molecule has 1 amide bonds. The van der Waals surface area contributed by atoms with E-state index in [-0.39, 0.29) is 60.3 Å². The molecule has 0 saturated carbocycles. The molecule has 2 aromatic carbocycles. The molecule has 2 heterocycles. The molecule has 1 saturated heterocycles. The Labute approximate surface area is 260 Å². The summed E-state index contributed by atoms with van der Waals surface area (Å²) in [5, 5.41) is 19.3. The maximum Gasteiger partial charge on any atom is 0.248 e. The van der Waals surface area contributed by atoms with Crippen molar-refractivity contribution in [1.29, 1.82) is 5.26 Å². The number of carbonyl (C=O) groups is 2. The summed E-state index contributed by atoms with van der Waals surface area (Å²) in [6.07, 6.45) is 9.48. The Morgan fingerprint density at radius 3 is 2.75 bits per heavy atom. The number of aldehydes is 1. The number of carbonyl (C=O) groups excluding carboxylic acids is 2. The number of hydrogen-bond acceptors (Lipinski definition) is 8. The van der Waals surface area contributed by atoms with E-state index >= 15 is 0 Å². The first kappa shape index (κ1) is 31.0. The zero-order valence-electron chi connectivity index (χ0n) is 24.2. The number of nitrogens with zero attached hydrogens (tertiary/aromatic N) is 3. The number of likely N-dealkylation sites (tertiary alicyclic amines) is 1. The van der Waals surface area contributed by atoms with Crippen LogP contribution in [0.15, 0.2) is 79.2 Å². The Bertz CT molecular complexity index is 1620. The molecule has 3 atom stereocenters. The number of rotatable bonds is 11. The fourth-order valence-corrected chi connectivity index (χ4v) is 5.57. The predicted molar refractivity (Wildman–Crippen MR) is 164 cm³/mol. The number of aromatic nitrogens is 1. The molecule has 1 aliphatic heterocycles. The van der Waals surface area contributed by atoms with Gasteiger partial charge in [0.2, 0.25) is 5.91 Å². The van der Waals surface area contributed by atoms with Crippen LogP contribution in [0.1, 0.15) is 40.4 Å². The SMILES string of the molecule is C[C@H]1C(c2ccccc2)=CC=CC1(COc1cc(OCc2cncc(C#N)c2)c(C=O)cc1Cl)OCC(=O)N1CCC(O)C1. The molecule has 1 aliphatic carbocycles. The first-order valence-corrected chi connectivity index (χ1v) is 14.6. The van der Waals surface area contributed by atoms with E-state index in [1.807, 2.05) is 61.6 Å². The van der Waals surface area contributed by atoms with Crippen molar-refractivity contribution < 1.29 is 28.9 Å². The van der Waals surface area contributed by atoms with Crippen LogP contribution in [0.4, 0.5) is 0 Å². The van der Waals surface area contributed by atoms with Gasteiger partial charge in [-0.1, -0.05) is 61.0 Å². The van der Waals surface area contributed by atoms with Crippen molar-refractivity contribution >= 4 is 29.4 Å². The average molecular weight is 614 g/mol. The summed E-state index contributed by atoms with van der Waals surface area (Å²) in [7, 11) is 0. The standard InChI is InChI=1S/C34H32ClN3O6/c1-23-29(26-6-3-2-4-7-26)8-5-10-34(23,44-21-33(41)38-11-9-28(40)18-38)22-43-32-14-31(27(19-39)13-30(32)35)42-20-25-12-24(15-36)16-37-17-25/h2-8,10,12-14,16-17,19,23,28,40H,9,11,18,20-22H2,1H3/t23-,28?,34?/m0/s1. The summed E-state index contributed by atoms with van der Waals surface area (Å²) < 4.78 is 18.6. The third kappa shape index (κ3) is 7.00. The molecule has 1 N–H and O–H groups in total. The van der Waals surface area contributed by atoms with Crippen molar-refractivity contribution in [2.24, 2.45) is 5.92 Å². The molecular formula is C34H32ClN3O6. The summed E-state index contributed by atoms with van der Waals surface area (Å²) in [6, 6.07) is 16.6. The zero-order valence-corrected chi connectivity index (χ0v) is 24.9. The minimum absolute atomic E-state index is 0.00151. The van der Waals surface area contributed by atoms with Gasteiger partial charge in [-0.05, 0) is 35.8 Å². The number of aliphatic hydroxyl groups is 1. The molecule has 0 radical (unpaired) electrons. The normalized spacial score (nSPS) is 21.0. The monoisotopic (exact) mass is 613 g/mol. The van der Waals surface area contributed by atoms with Crippen molar-refractivity contribution in [2.75, 3.05) is 26.3 Å². The lowest BCUT2D eigenvalue weighted by Crippen LogP contribution is -2.47. The van der Waals surface area contributed by atoms with Crippen LogP contribution >= 0.6 is 11.6 Å². The lowest BCUT2D eigenvalue weighted by atomic mass is 9.77. The Kier molecular flexibility index (Phi) is 9.75. The van der Waals surface area contributed by atoms with Crippen molar-refractivity contribution in [1.82, 2.24) is 9.88 Å². The Balaban J connectivity index is 1.38. The number of halogens is 1. The highest BCUT2D eigenvalue weighted by atomic mass is 35.5.